The molecule has 0 aliphatic rings. The maximum absolute atomic E-state index is 11.3. The quantitative estimate of drug-likeness (QED) is 0.323. The predicted molar refractivity (Wildman–Crippen MR) is 67.7 cm³/mol. The second kappa shape index (κ2) is 11.1. The van der Waals surface area contributed by atoms with Gasteiger partial charge in [0.15, 0.2) is 0 Å². The van der Waals surface area contributed by atoms with Crippen molar-refractivity contribution in [1.82, 2.24) is 0 Å². The highest BCUT2D eigenvalue weighted by Crippen LogP contribution is 2.14. The summed E-state index contributed by atoms with van der Waals surface area (Å²) in [7, 11) is 0. The van der Waals surface area contributed by atoms with Crippen LogP contribution in [0.25, 0.3) is 0 Å². The predicted octanol–water partition coefficient (Wildman–Crippen LogP) is 2.06. The van der Waals surface area contributed by atoms with Gasteiger partial charge in [0.2, 0.25) is 0 Å². The van der Waals surface area contributed by atoms with Gasteiger partial charge >= 0.3 is 5.97 Å². The van der Waals surface area contributed by atoms with Crippen molar-refractivity contribution in [2.24, 2.45) is 5.92 Å². The lowest BCUT2D eigenvalue weighted by atomic mass is 10.0. The third-order valence-electron chi connectivity index (χ3n) is 2.95. The van der Waals surface area contributed by atoms with Crippen molar-refractivity contribution in [3.8, 4) is 0 Å². The topological polar surface area (TPSA) is 66.4 Å². The number of carbonyl (C=O) groups is 2. The van der Waals surface area contributed by atoms with Gasteiger partial charge < -0.3 is 14.6 Å². The molecule has 0 saturated carbocycles. The first-order valence-electron chi connectivity index (χ1n) is 7.00. The molecule has 0 rings (SSSR count). The lowest BCUT2D eigenvalue weighted by Gasteiger charge is -2.16. The van der Waals surface area contributed by atoms with Crippen molar-refractivity contribution in [2.75, 3.05) is 6.61 Å². The summed E-state index contributed by atoms with van der Waals surface area (Å²) in [5.74, 6) is -3.08. The Morgan fingerprint density at radius 3 is 2.06 bits per heavy atom. The standard InChI is InChI=1S/C14H26O4/c1-3-5-6-7-8-9-10-11-12(13(15)16)14(17)18-4-2/h12H,3-11H2,1-2H3,(H,15,16)/p-1. The van der Waals surface area contributed by atoms with Gasteiger partial charge in [-0.05, 0) is 13.3 Å². The van der Waals surface area contributed by atoms with Crippen molar-refractivity contribution in [2.45, 2.75) is 65.2 Å². The van der Waals surface area contributed by atoms with E-state index in [9.17, 15) is 14.7 Å². The Labute approximate surface area is 110 Å². The third-order valence-corrected chi connectivity index (χ3v) is 2.95. The molecule has 18 heavy (non-hydrogen) atoms. The van der Waals surface area contributed by atoms with Crippen molar-refractivity contribution < 1.29 is 19.4 Å². The molecule has 0 aromatic rings. The molecule has 4 heteroatoms. The van der Waals surface area contributed by atoms with Crippen LogP contribution in [0.2, 0.25) is 0 Å². The van der Waals surface area contributed by atoms with Crippen molar-refractivity contribution in [1.29, 1.82) is 0 Å². The van der Waals surface area contributed by atoms with Gasteiger partial charge in [-0.2, -0.15) is 0 Å². The molecule has 0 bridgehead atoms. The summed E-state index contributed by atoms with van der Waals surface area (Å²) < 4.78 is 4.72. The number of hydrogen-bond donors (Lipinski definition) is 0. The number of ether oxygens (including phenoxy) is 1. The summed E-state index contributed by atoms with van der Waals surface area (Å²) >= 11 is 0. The van der Waals surface area contributed by atoms with Crippen molar-refractivity contribution >= 4 is 11.9 Å². The Balaban J connectivity index is 3.71. The van der Waals surface area contributed by atoms with Crippen LogP contribution in [0.15, 0.2) is 0 Å². The summed E-state index contributed by atoms with van der Waals surface area (Å²) in [6.07, 6.45) is 8.02. The summed E-state index contributed by atoms with van der Waals surface area (Å²) in [5, 5.41) is 10.8. The largest absolute Gasteiger partial charge is 0.549 e. The van der Waals surface area contributed by atoms with Crippen LogP contribution >= 0.6 is 0 Å². The van der Waals surface area contributed by atoms with Gasteiger partial charge in [-0.15, -0.1) is 0 Å². The molecule has 0 aromatic carbocycles. The average molecular weight is 257 g/mol. The highest BCUT2D eigenvalue weighted by atomic mass is 16.5. The zero-order valence-corrected chi connectivity index (χ0v) is 11.6. The zero-order valence-electron chi connectivity index (χ0n) is 11.6. The fourth-order valence-electron chi connectivity index (χ4n) is 1.88. The van der Waals surface area contributed by atoms with E-state index in [0.29, 0.717) is 6.42 Å². The minimum atomic E-state index is -1.32. The van der Waals surface area contributed by atoms with E-state index in [2.05, 4.69) is 6.92 Å². The molecule has 0 N–H and O–H groups in total. The van der Waals surface area contributed by atoms with Gasteiger partial charge in [-0.1, -0.05) is 51.9 Å². The Hall–Kier alpha value is -1.06. The number of unbranched alkanes of at least 4 members (excludes halogenated alkanes) is 6. The number of rotatable bonds is 11. The van der Waals surface area contributed by atoms with E-state index in [1.165, 1.54) is 25.7 Å². The fourth-order valence-corrected chi connectivity index (χ4v) is 1.88. The highest BCUT2D eigenvalue weighted by Gasteiger charge is 2.20. The minimum Gasteiger partial charge on any atom is -0.549 e. The Bertz CT molecular complexity index is 238. The van der Waals surface area contributed by atoms with Crippen LogP contribution in [0, 0.1) is 5.92 Å². The molecule has 0 spiro atoms. The first-order valence-corrected chi connectivity index (χ1v) is 7.00. The number of esters is 1. The monoisotopic (exact) mass is 257 g/mol. The van der Waals surface area contributed by atoms with E-state index in [0.717, 1.165) is 19.3 Å². The van der Waals surface area contributed by atoms with Gasteiger partial charge in [0.25, 0.3) is 0 Å². The summed E-state index contributed by atoms with van der Waals surface area (Å²) in [5.41, 5.74) is 0. The van der Waals surface area contributed by atoms with E-state index < -0.39 is 17.9 Å². The lowest BCUT2D eigenvalue weighted by molar-refractivity contribution is -0.311. The number of aliphatic carboxylic acids is 1. The highest BCUT2D eigenvalue weighted by molar-refractivity contribution is 5.92. The molecule has 0 aromatic heterocycles. The van der Waals surface area contributed by atoms with Crippen LogP contribution in [0.4, 0.5) is 0 Å². The SMILES string of the molecule is CCCCCCCCCC(C(=O)[O-])C(=O)OCC. The Kier molecular flexibility index (Phi) is 10.4. The van der Waals surface area contributed by atoms with Crippen molar-refractivity contribution in [3.05, 3.63) is 0 Å². The fraction of sp³-hybridized carbons (Fsp3) is 0.857. The average Bonchev–Trinajstić information content (AvgIpc) is 2.32. The molecule has 0 aliphatic carbocycles. The number of carbonyl (C=O) groups excluding carboxylic acids is 2. The van der Waals surface area contributed by atoms with Gasteiger partial charge in [-0.25, -0.2) is 0 Å². The number of hydrogen-bond acceptors (Lipinski definition) is 4. The summed E-state index contributed by atoms with van der Waals surface area (Å²) in [4.78, 5) is 22.2. The van der Waals surface area contributed by atoms with Crippen LogP contribution in [-0.4, -0.2) is 18.5 Å². The molecule has 0 aliphatic heterocycles. The maximum atomic E-state index is 11.3. The minimum absolute atomic E-state index is 0.208. The molecule has 106 valence electrons. The Morgan fingerprint density at radius 1 is 1.00 bits per heavy atom. The summed E-state index contributed by atoms with van der Waals surface area (Å²) in [6.45, 7) is 4.04. The van der Waals surface area contributed by atoms with Crippen LogP contribution in [0.5, 0.6) is 0 Å². The molecule has 0 heterocycles. The van der Waals surface area contributed by atoms with Crippen LogP contribution in [-0.2, 0) is 14.3 Å². The molecule has 1 atom stereocenters. The molecular formula is C14H25O4-. The van der Waals surface area contributed by atoms with E-state index in [1.807, 2.05) is 0 Å². The second-order valence-corrected chi connectivity index (χ2v) is 4.53. The lowest BCUT2D eigenvalue weighted by Crippen LogP contribution is -2.37. The third kappa shape index (κ3) is 8.09. The van der Waals surface area contributed by atoms with Crippen LogP contribution in [0.3, 0.4) is 0 Å². The molecule has 1 unspecified atom stereocenters. The maximum Gasteiger partial charge on any atom is 0.314 e. The first-order chi connectivity index (χ1) is 8.63. The smallest absolute Gasteiger partial charge is 0.314 e. The van der Waals surface area contributed by atoms with Gasteiger partial charge in [0.1, 0.15) is 0 Å². The molecule has 4 nitrogen and oxygen atoms in total. The summed E-state index contributed by atoms with van der Waals surface area (Å²) in [6, 6.07) is 0. The molecular weight excluding hydrogens is 232 g/mol. The van der Waals surface area contributed by atoms with E-state index >= 15 is 0 Å². The van der Waals surface area contributed by atoms with E-state index in [-0.39, 0.29) is 6.61 Å². The van der Waals surface area contributed by atoms with Crippen LogP contribution in [0.1, 0.15) is 65.2 Å². The zero-order chi connectivity index (χ0) is 13.8. The van der Waals surface area contributed by atoms with Crippen molar-refractivity contribution in [3.63, 3.8) is 0 Å². The van der Waals surface area contributed by atoms with E-state index in [1.54, 1.807) is 6.92 Å². The van der Waals surface area contributed by atoms with Gasteiger partial charge in [-0.3, -0.25) is 4.79 Å². The number of carboxylic acids is 1. The van der Waals surface area contributed by atoms with Gasteiger partial charge in [0.05, 0.1) is 18.5 Å². The second-order valence-electron chi connectivity index (χ2n) is 4.53. The molecule has 0 fully saturated rings. The molecule has 0 saturated heterocycles. The first kappa shape index (κ1) is 16.9. The normalized spacial score (nSPS) is 12.1. The number of carboxylic acid groups (broad SMARTS) is 1. The van der Waals surface area contributed by atoms with E-state index in [4.69, 9.17) is 4.74 Å². The molecule has 0 radical (unpaired) electrons. The Morgan fingerprint density at radius 2 is 1.56 bits per heavy atom. The van der Waals surface area contributed by atoms with Gasteiger partial charge in [0, 0.05) is 0 Å². The molecule has 0 amide bonds. The van der Waals surface area contributed by atoms with Crippen LogP contribution < -0.4 is 5.11 Å².